The zero-order valence-electron chi connectivity index (χ0n) is 11.2. The number of fused-ring (bicyclic) bond motifs is 1. The van der Waals surface area contributed by atoms with E-state index in [1.165, 1.54) is 5.57 Å². The van der Waals surface area contributed by atoms with E-state index in [0.717, 1.165) is 29.8 Å². The largest absolute Gasteiger partial charge is 0.323 e. The van der Waals surface area contributed by atoms with Crippen LogP contribution in [0, 0.1) is 11.3 Å². The second-order valence-corrected chi connectivity index (χ2v) is 4.74. The van der Waals surface area contributed by atoms with Gasteiger partial charge >= 0.3 is 0 Å². The lowest BCUT2D eigenvalue weighted by Crippen LogP contribution is -2.05. The minimum Gasteiger partial charge on any atom is -0.323 e. The van der Waals surface area contributed by atoms with Crippen LogP contribution in [0.4, 0.5) is 0 Å². The predicted molar refractivity (Wildman–Crippen MR) is 80.0 cm³/mol. The van der Waals surface area contributed by atoms with Crippen LogP contribution in [-0.4, -0.2) is 9.55 Å². The van der Waals surface area contributed by atoms with E-state index in [2.05, 4.69) is 52.1 Å². The van der Waals surface area contributed by atoms with Gasteiger partial charge in [0.25, 0.3) is 0 Å². The molecular weight excluding hydrogens is 246 g/mol. The fourth-order valence-corrected chi connectivity index (χ4v) is 2.43. The Morgan fingerprint density at radius 1 is 1.25 bits per heavy atom. The highest BCUT2D eigenvalue weighted by Gasteiger charge is 2.10. The molecule has 0 saturated carbocycles. The highest BCUT2D eigenvalue weighted by molar-refractivity contribution is 5.76. The smallest absolute Gasteiger partial charge is 0.124 e. The predicted octanol–water partition coefficient (Wildman–Crippen LogP) is 3.54. The lowest BCUT2D eigenvalue weighted by atomic mass is 10.2. The molecule has 0 aliphatic heterocycles. The second-order valence-electron chi connectivity index (χ2n) is 4.74. The first-order valence-electron chi connectivity index (χ1n) is 6.72. The molecule has 0 amide bonds. The number of hydrogen-bond acceptors (Lipinski definition) is 2. The Morgan fingerprint density at radius 2 is 2.15 bits per heavy atom. The zero-order valence-corrected chi connectivity index (χ0v) is 11.2. The van der Waals surface area contributed by atoms with E-state index in [-0.39, 0.29) is 0 Å². The van der Waals surface area contributed by atoms with Crippen molar-refractivity contribution in [1.29, 1.82) is 5.26 Å². The van der Waals surface area contributed by atoms with Crippen LogP contribution in [0.15, 0.2) is 60.2 Å². The first kappa shape index (κ1) is 12.4. The van der Waals surface area contributed by atoms with Crippen molar-refractivity contribution in [2.75, 3.05) is 0 Å². The summed E-state index contributed by atoms with van der Waals surface area (Å²) in [6.45, 7) is 0.760. The second kappa shape index (κ2) is 5.58. The lowest BCUT2D eigenvalue weighted by molar-refractivity contribution is 0.767. The Bertz CT molecular complexity index is 754. The van der Waals surface area contributed by atoms with Crippen LogP contribution in [0.1, 0.15) is 12.2 Å². The minimum atomic E-state index is 0.337. The van der Waals surface area contributed by atoms with E-state index in [9.17, 15) is 0 Å². The fraction of sp³-hybridized carbons (Fsp3) is 0.176. The molecule has 3 heteroatoms. The van der Waals surface area contributed by atoms with Crippen LogP contribution in [0.3, 0.4) is 0 Å². The van der Waals surface area contributed by atoms with Gasteiger partial charge in [0.1, 0.15) is 5.82 Å². The first-order valence-corrected chi connectivity index (χ1v) is 6.72. The van der Waals surface area contributed by atoms with Gasteiger partial charge in [-0.2, -0.15) is 5.26 Å². The summed E-state index contributed by atoms with van der Waals surface area (Å²) in [4.78, 5) is 4.56. The fourth-order valence-electron chi connectivity index (χ4n) is 2.43. The average molecular weight is 261 g/mol. The quantitative estimate of drug-likeness (QED) is 0.848. The summed E-state index contributed by atoms with van der Waals surface area (Å²) in [7, 11) is 0. The number of para-hydroxylation sites is 2. The standard InChI is InChI=1S/C17H15N3/c18-12-11-17-19-15-9-5-6-10-16(15)20(17)13-14-7-3-1-2-4-8-14/h1-3,5-10H,4,11,13H2. The monoisotopic (exact) mass is 261 g/mol. The van der Waals surface area contributed by atoms with Crippen molar-refractivity contribution in [3.05, 3.63) is 66.0 Å². The molecule has 20 heavy (non-hydrogen) atoms. The van der Waals surface area contributed by atoms with Gasteiger partial charge in [-0.3, -0.25) is 0 Å². The van der Waals surface area contributed by atoms with Crippen LogP contribution < -0.4 is 0 Å². The van der Waals surface area contributed by atoms with Gasteiger partial charge in [0.15, 0.2) is 0 Å². The molecule has 1 aliphatic carbocycles. The average Bonchev–Trinajstić information content (AvgIpc) is 2.64. The number of nitriles is 1. The van der Waals surface area contributed by atoms with Crippen molar-refractivity contribution in [3.8, 4) is 6.07 Å². The van der Waals surface area contributed by atoms with Gasteiger partial charge in [0.05, 0.1) is 23.5 Å². The molecule has 2 aromatic rings. The van der Waals surface area contributed by atoms with Gasteiger partial charge in [-0.15, -0.1) is 0 Å². The molecule has 0 unspecified atom stereocenters. The third-order valence-electron chi connectivity index (χ3n) is 3.39. The number of aromatic nitrogens is 2. The van der Waals surface area contributed by atoms with Gasteiger partial charge in [0.2, 0.25) is 0 Å². The molecule has 0 spiro atoms. The van der Waals surface area contributed by atoms with Gasteiger partial charge in [-0.05, 0) is 24.1 Å². The van der Waals surface area contributed by atoms with E-state index < -0.39 is 0 Å². The number of hydrogen-bond donors (Lipinski definition) is 0. The molecule has 0 fully saturated rings. The molecule has 0 radical (unpaired) electrons. The van der Waals surface area contributed by atoms with Gasteiger partial charge in [-0.25, -0.2) is 4.98 Å². The summed E-state index contributed by atoms with van der Waals surface area (Å²) in [5, 5.41) is 8.98. The summed E-state index contributed by atoms with van der Waals surface area (Å²) in [6.07, 6.45) is 11.9. The van der Waals surface area contributed by atoms with Crippen molar-refractivity contribution in [2.24, 2.45) is 0 Å². The van der Waals surface area contributed by atoms with Crippen molar-refractivity contribution in [1.82, 2.24) is 9.55 Å². The summed E-state index contributed by atoms with van der Waals surface area (Å²) in [6, 6.07) is 10.2. The molecule has 3 rings (SSSR count). The Kier molecular flexibility index (Phi) is 3.47. The molecule has 3 nitrogen and oxygen atoms in total. The van der Waals surface area contributed by atoms with Gasteiger partial charge in [0, 0.05) is 6.54 Å². The Balaban J connectivity index is 2.03. The Morgan fingerprint density at radius 3 is 3.05 bits per heavy atom. The molecule has 1 aromatic carbocycles. The molecule has 1 aliphatic rings. The maximum absolute atomic E-state index is 8.98. The third-order valence-corrected chi connectivity index (χ3v) is 3.39. The molecule has 0 N–H and O–H groups in total. The Hall–Kier alpha value is -2.60. The van der Waals surface area contributed by atoms with E-state index >= 15 is 0 Å². The highest BCUT2D eigenvalue weighted by Crippen LogP contribution is 2.19. The molecule has 0 bridgehead atoms. The molecule has 1 aromatic heterocycles. The van der Waals surface area contributed by atoms with Crippen molar-refractivity contribution in [2.45, 2.75) is 19.4 Å². The lowest BCUT2D eigenvalue weighted by Gasteiger charge is -2.08. The topological polar surface area (TPSA) is 41.6 Å². The van der Waals surface area contributed by atoms with Crippen LogP contribution in [0.2, 0.25) is 0 Å². The molecular formula is C17H15N3. The zero-order chi connectivity index (χ0) is 13.8. The Labute approximate surface area is 118 Å². The minimum absolute atomic E-state index is 0.337. The van der Waals surface area contributed by atoms with E-state index in [0.29, 0.717) is 6.42 Å². The van der Waals surface area contributed by atoms with Crippen LogP contribution in [0.5, 0.6) is 0 Å². The molecule has 0 saturated heterocycles. The number of rotatable bonds is 3. The molecule has 0 atom stereocenters. The van der Waals surface area contributed by atoms with E-state index in [1.807, 2.05) is 18.2 Å². The van der Waals surface area contributed by atoms with Gasteiger partial charge < -0.3 is 4.57 Å². The highest BCUT2D eigenvalue weighted by atomic mass is 15.1. The number of benzene rings is 1. The summed E-state index contributed by atoms with van der Waals surface area (Å²) in [5.74, 6) is 0.834. The normalized spacial score (nSPS) is 14.1. The number of allylic oxidation sites excluding steroid dienone is 6. The maximum atomic E-state index is 8.98. The van der Waals surface area contributed by atoms with Crippen molar-refractivity contribution in [3.63, 3.8) is 0 Å². The van der Waals surface area contributed by atoms with E-state index in [4.69, 9.17) is 5.26 Å². The van der Waals surface area contributed by atoms with Crippen molar-refractivity contribution < 1.29 is 0 Å². The summed E-state index contributed by atoms with van der Waals surface area (Å²) >= 11 is 0. The van der Waals surface area contributed by atoms with Crippen LogP contribution in [-0.2, 0) is 13.0 Å². The summed E-state index contributed by atoms with van der Waals surface area (Å²) in [5.41, 5.74) is 3.29. The van der Waals surface area contributed by atoms with Gasteiger partial charge in [-0.1, -0.05) is 42.5 Å². The molecule has 98 valence electrons. The number of imidazole rings is 1. The maximum Gasteiger partial charge on any atom is 0.124 e. The van der Waals surface area contributed by atoms with Crippen LogP contribution >= 0.6 is 0 Å². The number of nitrogens with zero attached hydrogens (tertiary/aromatic N) is 3. The van der Waals surface area contributed by atoms with Crippen LogP contribution in [0.25, 0.3) is 11.0 Å². The third kappa shape index (κ3) is 2.41. The van der Waals surface area contributed by atoms with Crippen molar-refractivity contribution >= 4 is 11.0 Å². The SMILES string of the molecule is N#CCc1nc2ccccc2n1CC1=CCC=CC=C1. The first-order chi connectivity index (χ1) is 9.88. The molecule has 1 heterocycles. The summed E-state index contributed by atoms with van der Waals surface area (Å²) < 4.78 is 2.14. The van der Waals surface area contributed by atoms with E-state index in [1.54, 1.807) is 0 Å².